The van der Waals surface area contributed by atoms with E-state index in [2.05, 4.69) is 20.9 Å². The molecule has 0 fully saturated rings. The summed E-state index contributed by atoms with van der Waals surface area (Å²) < 4.78 is 30.3. The Labute approximate surface area is 93.4 Å². The molecule has 6 heteroatoms. The van der Waals surface area contributed by atoms with Crippen molar-refractivity contribution < 1.29 is 13.5 Å². The van der Waals surface area contributed by atoms with Gasteiger partial charge in [-0.2, -0.15) is 0 Å². The predicted octanol–water partition coefficient (Wildman–Crippen LogP) is 3.53. The smallest absolute Gasteiger partial charge is 0.284 e. The van der Waals surface area contributed by atoms with Gasteiger partial charge in [0, 0.05) is 4.47 Å². The molecule has 0 unspecified atom stereocenters. The van der Waals surface area contributed by atoms with E-state index in [-0.39, 0.29) is 17.3 Å². The molecule has 0 N–H and O–H groups in total. The van der Waals surface area contributed by atoms with Crippen LogP contribution in [0.5, 0.6) is 5.75 Å². The Bertz CT molecular complexity index is 335. The van der Waals surface area contributed by atoms with Crippen LogP contribution in [0.25, 0.3) is 0 Å². The van der Waals surface area contributed by atoms with E-state index in [1.54, 1.807) is 0 Å². The molecule has 1 aromatic rings. The van der Waals surface area contributed by atoms with Gasteiger partial charge in [0.25, 0.3) is 6.43 Å². The Kier molecular flexibility index (Phi) is 4.07. The molecule has 1 aromatic heterocycles. The first-order chi connectivity index (χ1) is 6.60. The van der Waals surface area contributed by atoms with Gasteiger partial charge in [-0.3, -0.25) is 0 Å². The fraction of sp³-hybridized carbons (Fsp3) is 0.375. The van der Waals surface area contributed by atoms with Gasteiger partial charge in [-0.15, -0.1) is 11.6 Å². The molecule has 1 rings (SSSR count). The lowest BCUT2D eigenvalue weighted by molar-refractivity contribution is 0.141. The van der Waals surface area contributed by atoms with Gasteiger partial charge in [0.15, 0.2) is 0 Å². The number of halogens is 4. The lowest BCUT2D eigenvalue weighted by atomic mass is 10.3. The Morgan fingerprint density at radius 3 is 2.71 bits per heavy atom. The summed E-state index contributed by atoms with van der Waals surface area (Å²) >= 11 is 8.69. The molecule has 0 saturated carbocycles. The molecule has 2 nitrogen and oxygen atoms in total. The third-order valence-electron chi connectivity index (χ3n) is 1.59. The summed E-state index contributed by atoms with van der Waals surface area (Å²) in [6.45, 7) is 0. The highest BCUT2D eigenvalue weighted by atomic mass is 79.9. The third-order valence-corrected chi connectivity index (χ3v) is 2.53. The Balaban J connectivity index is 3.25. The normalized spacial score (nSPS) is 10.7. The summed E-state index contributed by atoms with van der Waals surface area (Å²) in [7, 11) is 1.32. The fourth-order valence-electron chi connectivity index (χ4n) is 0.940. The topological polar surface area (TPSA) is 22.1 Å². The van der Waals surface area contributed by atoms with E-state index in [1.165, 1.54) is 13.2 Å². The molecular formula is C8H7BrClF2NO. The Morgan fingerprint density at radius 2 is 2.29 bits per heavy atom. The van der Waals surface area contributed by atoms with Crippen molar-refractivity contribution in [3.05, 3.63) is 21.9 Å². The van der Waals surface area contributed by atoms with Crippen molar-refractivity contribution >= 4 is 27.5 Å². The van der Waals surface area contributed by atoms with Gasteiger partial charge in [0.05, 0.1) is 18.7 Å². The molecule has 0 radical (unpaired) electrons. The number of hydrogen-bond acceptors (Lipinski definition) is 2. The van der Waals surface area contributed by atoms with Gasteiger partial charge in [-0.25, -0.2) is 13.8 Å². The molecule has 0 spiro atoms. The number of pyridine rings is 1. The van der Waals surface area contributed by atoms with Gasteiger partial charge in [-0.05, 0) is 22.0 Å². The van der Waals surface area contributed by atoms with Crippen molar-refractivity contribution in [2.75, 3.05) is 7.11 Å². The maximum Gasteiger partial charge on any atom is 0.284 e. The van der Waals surface area contributed by atoms with Crippen LogP contribution in [0.1, 0.15) is 17.8 Å². The minimum atomic E-state index is -2.67. The second kappa shape index (κ2) is 4.89. The van der Waals surface area contributed by atoms with Crippen molar-refractivity contribution in [1.82, 2.24) is 4.98 Å². The minimum absolute atomic E-state index is 0.0562. The Morgan fingerprint density at radius 1 is 1.64 bits per heavy atom. The van der Waals surface area contributed by atoms with Gasteiger partial charge in [0.2, 0.25) is 0 Å². The summed E-state index contributed by atoms with van der Waals surface area (Å²) in [5.74, 6) is 0.130. The van der Waals surface area contributed by atoms with Gasteiger partial charge in [-0.1, -0.05) is 0 Å². The summed E-state index contributed by atoms with van der Waals surface area (Å²) in [5, 5.41) is 0. The lowest BCUT2D eigenvalue weighted by Gasteiger charge is -2.09. The van der Waals surface area contributed by atoms with Crippen LogP contribution < -0.4 is 4.74 Å². The van der Waals surface area contributed by atoms with E-state index in [0.717, 1.165) is 0 Å². The number of hydrogen-bond donors (Lipinski definition) is 0. The number of ether oxygens (including phenoxy) is 1. The molecule has 14 heavy (non-hydrogen) atoms. The zero-order valence-corrected chi connectivity index (χ0v) is 9.57. The largest absolute Gasteiger partial charge is 0.495 e. The van der Waals surface area contributed by atoms with Crippen LogP contribution in [0.3, 0.4) is 0 Å². The molecule has 0 aromatic carbocycles. The number of nitrogens with zero attached hydrogens (tertiary/aromatic N) is 1. The first-order valence-electron chi connectivity index (χ1n) is 3.67. The van der Waals surface area contributed by atoms with Crippen LogP contribution in [0, 0.1) is 0 Å². The molecule has 0 aliphatic rings. The number of methoxy groups -OCH3 is 1. The molecule has 1 heterocycles. The maximum absolute atomic E-state index is 12.5. The van der Waals surface area contributed by atoms with Crippen LogP contribution in [0.15, 0.2) is 10.5 Å². The first kappa shape index (κ1) is 11.7. The molecule has 0 aliphatic carbocycles. The van der Waals surface area contributed by atoms with Crippen LogP contribution in [0.2, 0.25) is 0 Å². The van der Waals surface area contributed by atoms with E-state index in [1.807, 2.05) is 0 Å². The second-order valence-corrected chi connectivity index (χ2v) is 3.56. The first-order valence-corrected chi connectivity index (χ1v) is 5.00. The molecule has 0 atom stereocenters. The van der Waals surface area contributed by atoms with Crippen LogP contribution in [-0.4, -0.2) is 12.1 Å². The zero-order chi connectivity index (χ0) is 10.7. The van der Waals surface area contributed by atoms with Crippen molar-refractivity contribution in [2.24, 2.45) is 0 Å². The SMILES string of the molecule is COc1cc(Br)c(CCl)nc1C(F)F. The molecule has 0 bridgehead atoms. The van der Waals surface area contributed by atoms with E-state index in [4.69, 9.17) is 16.3 Å². The second-order valence-electron chi connectivity index (χ2n) is 2.44. The molecule has 0 amide bonds. The van der Waals surface area contributed by atoms with Crippen molar-refractivity contribution in [3.8, 4) is 5.75 Å². The van der Waals surface area contributed by atoms with Crippen LogP contribution >= 0.6 is 27.5 Å². The highest BCUT2D eigenvalue weighted by Crippen LogP contribution is 2.31. The summed E-state index contributed by atoms with van der Waals surface area (Å²) in [6, 6.07) is 1.44. The predicted molar refractivity (Wildman–Crippen MR) is 53.0 cm³/mol. The quantitative estimate of drug-likeness (QED) is 0.793. The van der Waals surface area contributed by atoms with Crippen molar-refractivity contribution in [3.63, 3.8) is 0 Å². The molecule has 78 valence electrons. The van der Waals surface area contributed by atoms with Gasteiger partial charge >= 0.3 is 0 Å². The number of aromatic nitrogens is 1. The highest BCUT2D eigenvalue weighted by molar-refractivity contribution is 9.10. The minimum Gasteiger partial charge on any atom is -0.495 e. The summed E-state index contributed by atoms with van der Waals surface area (Å²) in [6.07, 6.45) is -2.67. The molecule has 0 saturated heterocycles. The van der Waals surface area contributed by atoms with E-state index in [0.29, 0.717) is 10.2 Å². The van der Waals surface area contributed by atoms with Crippen molar-refractivity contribution in [2.45, 2.75) is 12.3 Å². The molecule has 0 aliphatic heterocycles. The average molecular weight is 287 g/mol. The van der Waals surface area contributed by atoms with E-state index >= 15 is 0 Å². The van der Waals surface area contributed by atoms with Crippen LogP contribution in [0.4, 0.5) is 8.78 Å². The Hall–Kier alpha value is -0.420. The zero-order valence-electron chi connectivity index (χ0n) is 7.23. The molecular weight excluding hydrogens is 279 g/mol. The van der Waals surface area contributed by atoms with Gasteiger partial charge < -0.3 is 4.74 Å². The van der Waals surface area contributed by atoms with Crippen molar-refractivity contribution in [1.29, 1.82) is 0 Å². The fourth-order valence-corrected chi connectivity index (χ4v) is 1.74. The summed E-state index contributed by atoms with van der Waals surface area (Å²) in [5.41, 5.74) is -0.00545. The third kappa shape index (κ3) is 2.33. The number of rotatable bonds is 3. The van der Waals surface area contributed by atoms with E-state index in [9.17, 15) is 8.78 Å². The maximum atomic E-state index is 12.5. The number of alkyl halides is 3. The standard InChI is InChI=1S/C8H7BrClF2NO/c1-14-6-2-4(9)5(3-10)13-7(6)8(11)12/h2,8H,3H2,1H3. The monoisotopic (exact) mass is 285 g/mol. The van der Waals surface area contributed by atoms with Gasteiger partial charge in [0.1, 0.15) is 11.4 Å². The van der Waals surface area contributed by atoms with E-state index < -0.39 is 6.43 Å². The highest BCUT2D eigenvalue weighted by Gasteiger charge is 2.18. The lowest BCUT2D eigenvalue weighted by Crippen LogP contribution is -2.00. The summed E-state index contributed by atoms with van der Waals surface area (Å²) in [4.78, 5) is 3.71. The average Bonchev–Trinajstić information content (AvgIpc) is 2.16. The van der Waals surface area contributed by atoms with Crippen LogP contribution in [-0.2, 0) is 5.88 Å².